The minimum absolute atomic E-state index is 0.0584. The van der Waals surface area contributed by atoms with Crippen LogP contribution in [0, 0.1) is 17.2 Å². The Hall–Kier alpha value is -3.52. The van der Waals surface area contributed by atoms with E-state index in [9.17, 15) is 14.7 Å². The van der Waals surface area contributed by atoms with Crippen molar-refractivity contribution in [1.82, 2.24) is 15.3 Å². The molecule has 0 spiro atoms. The summed E-state index contributed by atoms with van der Waals surface area (Å²) in [6.45, 7) is 0.454. The van der Waals surface area contributed by atoms with Gasteiger partial charge in [-0.1, -0.05) is 12.1 Å². The highest BCUT2D eigenvalue weighted by molar-refractivity contribution is 8.00. The van der Waals surface area contributed by atoms with Crippen LogP contribution in [0.4, 0.5) is 11.5 Å². The zero-order valence-electron chi connectivity index (χ0n) is 18.8. The van der Waals surface area contributed by atoms with Crippen LogP contribution < -0.4 is 16.0 Å². The summed E-state index contributed by atoms with van der Waals surface area (Å²) in [6.07, 6.45) is 0.939. The molecule has 0 bridgehead atoms. The van der Waals surface area contributed by atoms with E-state index in [0.717, 1.165) is 16.0 Å². The van der Waals surface area contributed by atoms with E-state index in [4.69, 9.17) is 5.26 Å². The highest BCUT2D eigenvalue weighted by Crippen LogP contribution is 2.31. The Morgan fingerprint density at radius 3 is 2.91 bits per heavy atom. The van der Waals surface area contributed by atoms with Gasteiger partial charge in [-0.2, -0.15) is 5.26 Å². The molecule has 9 nitrogen and oxygen atoms in total. The molecule has 3 heterocycles. The Kier molecular flexibility index (Phi) is 6.63. The summed E-state index contributed by atoms with van der Waals surface area (Å²) in [7, 11) is 0. The first-order chi connectivity index (χ1) is 17.0. The van der Waals surface area contributed by atoms with Gasteiger partial charge in [-0.05, 0) is 49.6 Å². The van der Waals surface area contributed by atoms with Gasteiger partial charge < -0.3 is 21.1 Å². The number of para-hydroxylation sites is 1. The van der Waals surface area contributed by atoms with Crippen LogP contribution >= 0.6 is 11.8 Å². The Balaban J connectivity index is 1.18. The molecule has 1 aromatic carbocycles. The van der Waals surface area contributed by atoms with Gasteiger partial charge in [0.1, 0.15) is 17.6 Å². The zero-order valence-corrected chi connectivity index (χ0v) is 19.6. The molecule has 5 rings (SSSR count). The molecule has 2 aliphatic rings. The van der Waals surface area contributed by atoms with Gasteiger partial charge in [-0.15, -0.1) is 11.8 Å². The largest absolute Gasteiger partial charge is 0.391 e. The molecule has 4 N–H and O–H groups in total. The average molecular weight is 489 g/mol. The van der Waals surface area contributed by atoms with Gasteiger partial charge in [0, 0.05) is 23.9 Å². The number of nitrogens with zero attached hydrogens (tertiary/aromatic N) is 3. The average Bonchev–Trinajstić information content (AvgIpc) is 2.87. The second-order valence-electron chi connectivity index (χ2n) is 8.73. The summed E-state index contributed by atoms with van der Waals surface area (Å²) >= 11 is 1.47. The van der Waals surface area contributed by atoms with E-state index in [1.54, 1.807) is 18.2 Å². The van der Waals surface area contributed by atoms with E-state index >= 15 is 0 Å². The number of carbonyl (C=O) groups excluding carboxylic acids is 2. The summed E-state index contributed by atoms with van der Waals surface area (Å²) in [5.41, 5.74) is 2.19. The first-order valence-corrected chi connectivity index (χ1v) is 12.4. The second kappa shape index (κ2) is 10.00. The van der Waals surface area contributed by atoms with Crippen LogP contribution in [0.25, 0.3) is 10.9 Å². The molecular weight excluding hydrogens is 464 g/mol. The van der Waals surface area contributed by atoms with Crippen LogP contribution in [0.1, 0.15) is 30.7 Å². The molecule has 2 amide bonds. The number of benzene rings is 1. The number of rotatable bonds is 5. The minimum atomic E-state index is -0.678. The summed E-state index contributed by atoms with van der Waals surface area (Å²) < 4.78 is 0. The maximum Gasteiger partial charge on any atom is 0.235 e. The van der Waals surface area contributed by atoms with E-state index in [2.05, 4.69) is 25.9 Å². The molecule has 2 aromatic heterocycles. The van der Waals surface area contributed by atoms with E-state index in [0.29, 0.717) is 48.6 Å². The fraction of sp³-hybridized carbons (Fsp3) is 0.320. The monoisotopic (exact) mass is 488 g/mol. The lowest BCUT2D eigenvalue weighted by molar-refractivity contribution is -0.122. The lowest BCUT2D eigenvalue weighted by atomic mass is 9.83. The molecule has 3 aromatic rings. The summed E-state index contributed by atoms with van der Waals surface area (Å²) in [5.74, 6) is 0.427. The van der Waals surface area contributed by atoms with E-state index in [1.807, 2.05) is 30.3 Å². The molecule has 0 radical (unpaired) electrons. The smallest absolute Gasteiger partial charge is 0.235 e. The van der Waals surface area contributed by atoms with Gasteiger partial charge in [0.25, 0.3) is 0 Å². The van der Waals surface area contributed by atoms with Gasteiger partial charge in [0.05, 0.1) is 33.7 Å². The number of pyridine rings is 2. The van der Waals surface area contributed by atoms with Gasteiger partial charge in [0.15, 0.2) is 0 Å². The number of nitriles is 1. The van der Waals surface area contributed by atoms with Crippen LogP contribution in [0.2, 0.25) is 0 Å². The van der Waals surface area contributed by atoms with Crippen molar-refractivity contribution >= 4 is 46.0 Å². The number of hydrogen-bond acceptors (Lipinski definition) is 8. The first-order valence-electron chi connectivity index (χ1n) is 11.4. The standard InChI is InChI=1S/C25H24N6O3S/c26-11-16-6-4-14-2-1-3-19(23(14)28-16)30-25(34)15-5-8-18(20(32)10-15)27-12-17-7-9-21-24(29-17)31-22(33)13-35-21/h1-4,6-7,9,15,18,20,27,32H,5,8,10,12-13H2,(H,30,34)(H,29,31,33)/t15-,18?,20+/m1/s1. The van der Waals surface area contributed by atoms with Crippen molar-refractivity contribution in [2.75, 3.05) is 16.4 Å². The molecule has 10 heteroatoms. The maximum absolute atomic E-state index is 13.0. The predicted octanol–water partition coefficient (Wildman–Crippen LogP) is 2.80. The molecule has 1 unspecified atom stereocenters. The molecule has 35 heavy (non-hydrogen) atoms. The number of hydrogen-bond donors (Lipinski definition) is 4. The number of nitrogens with one attached hydrogen (secondary N) is 3. The molecule has 1 saturated carbocycles. The fourth-order valence-corrected chi connectivity index (χ4v) is 5.26. The van der Waals surface area contributed by atoms with Crippen LogP contribution in [0.15, 0.2) is 47.4 Å². The number of aromatic nitrogens is 2. The van der Waals surface area contributed by atoms with Gasteiger partial charge in [-0.3, -0.25) is 9.59 Å². The number of amides is 2. The van der Waals surface area contributed by atoms with Crippen LogP contribution in [-0.2, 0) is 16.1 Å². The fourth-order valence-electron chi connectivity index (χ4n) is 4.51. The lowest BCUT2D eigenvalue weighted by Gasteiger charge is -2.33. The number of carbonyl (C=O) groups is 2. The van der Waals surface area contributed by atoms with Crippen LogP contribution in [0.3, 0.4) is 0 Å². The molecule has 178 valence electrons. The summed E-state index contributed by atoms with van der Waals surface area (Å²) in [6, 6.07) is 14.7. The molecule has 1 fully saturated rings. The highest BCUT2D eigenvalue weighted by Gasteiger charge is 2.33. The highest BCUT2D eigenvalue weighted by atomic mass is 32.2. The Bertz CT molecular complexity index is 1340. The van der Waals surface area contributed by atoms with Crippen LogP contribution in [-0.4, -0.2) is 44.8 Å². The molecular formula is C25H24N6O3S. The topological polar surface area (TPSA) is 140 Å². The maximum atomic E-state index is 13.0. The normalized spacial score (nSPS) is 21.6. The van der Waals surface area contributed by atoms with Gasteiger partial charge >= 0.3 is 0 Å². The third kappa shape index (κ3) is 5.12. The SMILES string of the molecule is N#Cc1ccc2cccc(NC(=O)[C@@H]3CCC(NCc4ccc5c(n4)NC(=O)CS5)[C@@H](O)C3)c2n1. The van der Waals surface area contributed by atoms with E-state index in [1.165, 1.54) is 11.8 Å². The van der Waals surface area contributed by atoms with Gasteiger partial charge in [0.2, 0.25) is 11.8 Å². The van der Waals surface area contributed by atoms with Crippen molar-refractivity contribution in [1.29, 1.82) is 5.26 Å². The van der Waals surface area contributed by atoms with Crippen molar-refractivity contribution in [2.24, 2.45) is 5.92 Å². The van der Waals surface area contributed by atoms with Crippen molar-refractivity contribution in [3.63, 3.8) is 0 Å². The summed E-state index contributed by atoms with van der Waals surface area (Å²) in [5, 5.41) is 29.8. The third-order valence-corrected chi connectivity index (χ3v) is 7.40. The Morgan fingerprint density at radius 2 is 2.09 bits per heavy atom. The number of aliphatic hydroxyl groups excluding tert-OH is 1. The molecule has 1 aliphatic carbocycles. The van der Waals surface area contributed by atoms with E-state index < -0.39 is 6.10 Å². The number of thioether (sulfide) groups is 1. The predicted molar refractivity (Wildman–Crippen MR) is 133 cm³/mol. The van der Waals surface area contributed by atoms with Crippen molar-refractivity contribution < 1.29 is 14.7 Å². The Morgan fingerprint density at radius 1 is 1.20 bits per heavy atom. The number of aliphatic hydroxyl groups is 1. The van der Waals surface area contributed by atoms with Crippen molar-refractivity contribution in [3.05, 3.63) is 53.9 Å². The quantitative estimate of drug-likeness (QED) is 0.430. The van der Waals surface area contributed by atoms with Gasteiger partial charge in [-0.25, -0.2) is 9.97 Å². The van der Waals surface area contributed by atoms with Crippen molar-refractivity contribution in [3.8, 4) is 6.07 Å². The number of anilines is 2. The second-order valence-corrected chi connectivity index (χ2v) is 9.74. The number of fused-ring (bicyclic) bond motifs is 2. The first kappa shape index (κ1) is 23.2. The molecule has 3 atom stereocenters. The van der Waals surface area contributed by atoms with Crippen molar-refractivity contribution in [2.45, 2.75) is 42.8 Å². The van der Waals surface area contributed by atoms with Crippen LogP contribution in [0.5, 0.6) is 0 Å². The lowest BCUT2D eigenvalue weighted by Crippen LogP contribution is -2.46. The van der Waals surface area contributed by atoms with E-state index in [-0.39, 0.29) is 29.5 Å². The summed E-state index contributed by atoms with van der Waals surface area (Å²) in [4.78, 5) is 34.4. The third-order valence-electron chi connectivity index (χ3n) is 6.36. The Labute approximate surface area is 206 Å². The zero-order chi connectivity index (χ0) is 24.4. The molecule has 1 aliphatic heterocycles. The molecule has 0 saturated heterocycles. The minimum Gasteiger partial charge on any atom is -0.391 e.